The Kier molecular flexibility index (Phi) is 6.49. The Morgan fingerprint density at radius 1 is 1.06 bits per heavy atom. The van der Waals surface area contributed by atoms with Gasteiger partial charge in [0.05, 0.1) is 43.0 Å². The number of nitrogens with zero attached hydrogens (tertiary/aromatic N) is 2. The molecule has 0 fully saturated rings. The number of nitrogens with two attached hydrogens (primary N) is 1. The number of anilines is 1. The molecule has 2 aromatic rings. The minimum absolute atomic E-state index is 0.0130. The molecule has 33 heavy (non-hydrogen) atoms. The summed E-state index contributed by atoms with van der Waals surface area (Å²) in [5.74, 6) is -3.64. The fourth-order valence-electron chi connectivity index (χ4n) is 3.76. The quantitative estimate of drug-likeness (QED) is 0.522. The number of carbonyl (C=O) groups is 3. The molecule has 9 nitrogen and oxygen atoms in total. The predicted octanol–water partition coefficient (Wildman–Crippen LogP) is 2.49. The van der Waals surface area contributed by atoms with E-state index in [-0.39, 0.29) is 39.7 Å². The highest BCUT2D eigenvalue weighted by atomic mass is 16.5. The smallest absolute Gasteiger partial charge is 0.355 e. The summed E-state index contributed by atoms with van der Waals surface area (Å²) in [5.41, 5.74) is 6.51. The third-order valence-electron chi connectivity index (χ3n) is 5.21. The lowest BCUT2D eigenvalue weighted by Crippen LogP contribution is -2.41. The first-order valence-electron chi connectivity index (χ1n) is 9.76. The highest BCUT2D eigenvalue weighted by Crippen LogP contribution is 2.44. The van der Waals surface area contributed by atoms with Crippen molar-refractivity contribution in [2.75, 3.05) is 19.1 Å². The van der Waals surface area contributed by atoms with Gasteiger partial charge in [-0.05, 0) is 30.7 Å². The van der Waals surface area contributed by atoms with E-state index < -0.39 is 23.6 Å². The van der Waals surface area contributed by atoms with Gasteiger partial charge in [-0.2, -0.15) is 5.26 Å². The molecule has 1 atom stereocenters. The number of Topliss-reactive ketones (excluding diaryl/α,β-unsaturated/α-hetero) is 1. The number of ether oxygens (including phenoxy) is 2. The van der Waals surface area contributed by atoms with Crippen LogP contribution in [0.4, 0.5) is 5.69 Å². The van der Waals surface area contributed by atoms with Crippen molar-refractivity contribution in [2.24, 2.45) is 5.73 Å². The molecule has 168 valence electrons. The summed E-state index contributed by atoms with van der Waals surface area (Å²) < 4.78 is 9.91. The Morgan fingerprint density at radius 3 is 2.24 bits per heavy atom. The van der Waals surface area contributed by atoms with E-state index in [2.05, 4.69) is 0 Å². The molecule has 1 aliphatic heterocycles. The van der Waals surface area contributed by atoms with Crippen LogP contribution in [0.15, 0.2) is 71.2 Å². The SMILES string of the molecule is COC(=O)C1=C(C(=O)OC)N(c2ccc(O)cc2C(C)=O)C(N)=C(C#N)C1c1ccccc1. The van der Waals surface area contributed by atoms with Gasteiger partial charge in [-0.25, -0.2) is 9.59 Å². The number of phenols is 1. The van der Waals surface area contributed by atoms with E-state index >= 15 is 0 Å². The lowest BCUT2D eigenvalue weighted by atomic mass is 9.80. The van der Waals surface area contributed by atoms with Crippen LogP contribution in [-0.2, 0) is 19.1 Å². The fraction of sp³-hybridized carbons (Fsp3) is 0.167. The molecule has 0 saturated carbocycles. The second-order valence-corrected chi connectivity index (χ2v) is 7.09. The van der Waals surface area contributed by atoms with Gasteiger partial charge >= 0.3 is 11.9 Å². The van der Waals surface area contributed by atoms with E-state index in [0.717, 1.165) is 19.1 Å². The first-order valence-corrected chi connectivity index (χ1v) is 9.76. The number of ketones is 1. The van der Waals surface area contributed by atoms with E-state index in [0.29, 0.717) is 5.56 Å². The summed E-state index contributed by atoms with van der Waals surface area (Å²) in [6.07, 6.45) is 0. The number of aromatic hydroxyl groups is 1. The minimum atomic E-state index is -1.02. The molecule has 1 aliphatic rings. The molecule has 0 aromatic heterocycles. The summed E-state index contributed by atoms with van der Waals surface area (Å²) in [6, 6.07) is 14.4. The molecule has 9 heteroatoms. The fourth-order valence-corrected chi connectivity index (χ4v) is 3.76. The normalized spacial score (nSPS) is 15.7. The zero-order chi connectivity index (χ0) is 24.3. The van der Waals surface area contributed by atoms with Crippen LogP contribution >= 0.6 is 0 Å². The van der Waals surface area contributed by atoms with Gasteiger partial charge in [0.25, 0.3) is 0 Å². The van der Waals surface area contributed by atoms with Crippen LogP contribution in [-0.4, -0.2) is 37.0 Å². The van der Waals surface area contributed by atoms with Crippen LogP contribution in [0.1, 0.15) is 28.8 Å². The van der Waals surface area contributed by atoms with E-state index in [1.165, 1.54) is 25.1 Å². The molecule has 3 N–H and O–H groups in total. The molecular weight excluding hydrogens is 426 g/mol. The van der Waals surface area contributed by atoms with E-state index in [9.17, 15) is 24.8 Å². The van der Waals surface area contributed by atoms with Gasteiger partial charge in [0.15, 0.2) is 5.78 Å². The Labute approximate surface area is 189 Å². The van der Waals surface area contributed by atoms with Gasteiger partial charge in [-0.3, -0.25) is 9.69 Å². The average molecular weight is 447 g/mol. The van der Waals surface area contributed by atoms with Gasteiger partial charge in [0, 0.05) is 5.56 Å². The third-order valence-corrected chi connectivity index (χ3v) is 5.21. The van der Waals surface area contributed by atoms with Gasteiger partial charge in [0.2, 0.25) is 0 Å². The first kappa shape index (κ1) is 23.1. The topological polar surface area (TPSA) is 143 Å². The number of phenolic OH excluding ortho intramolecular Hbond substituents is 1. The maximum Gasteiger partial charge on any atom is 0.355 e. The zero-order valence-corrected chi connectivity index (χ0v) is 18.2. The van der Waals surface area contributed by atoms with Gasteiger partial charge in [-0.15, -0.1) is 0 Å². The summed E-state index contributed by atoms with van der Waals surface area (Å²) in [5, 5.41) is 19.9. The molecule has 0 amide bonds. The average Bonchev–Trinajstić information content (AvgIpc) is 2.82. The van der Waals surface area contributed by atoms with Crippen molar-refractivity contribution in [3.8, 4) is 11.8 Å². The van der Waals surface area contributed by atoms with Crippen LogP contribution in [0, 0.1) is 11.3 Å². The van der Waals surface area contributed by atoms with Crippen LogP contribution < -0.4 is 10.6 Å². The molecule has 2 aromatic carbocycles. The second kappa shape index (κ2) is 9.28. The number of esters is 2. The number of hydrogen-bond donors (Lipinski definition) is 2. The molecule has 3 rings (SSSR count). The monoisotopic (exact) mass is 447 g/mol. The van der Waals surface area contributed by atoms with Crippen LogP contribution in [0.5, 0.6) is 5.75 Å². The number of benzene rings is 2. The van der Waals surface area contributed by atoms with Gasteiger partial charge < -0.3 is 20.3 Å². The highest BCUT2D eigenvalue weighted by molar-refractivity contribution is 6.08. The first-order chi connectivity index (χ1) is 15.8. The Bertz CT molecular complexity index is 1240. The van der Waals surface area contributed by atoms with Crippen LogP contribution in [0.2, 0.25) is 0 Å². The molecule has 0 spiro atoms. The number of allylic oxidation sites excluding steroid dienone is 1. The van der Waals surface area contributed by atoms with Crippen molar-refractivity contribution >= 4 is 23.4 Å². The molecular formula is C24H21N3O6. The van der Waals surface area contributed by atoms with Gasteiger partial charge in [-0.1, -0.05) is 30.3 Å². The molecule has 0 bridgehead atoms. The van der Waals surface area contributed by atoms with Crippen LogP contribution in [0.25, 0.3) is 0 Å². The van der Waals surface area contributed by atoms with E-state index in [1.54, 1.807) is 30.3 Å². The Morgan fingerprint density at radius 2 is 1.70 bits per heavy atom. The van der Waals surface area contributed by atoms with E-state index in [4.69, 9.17) is 15.2 Å². The van der Waals surface area contributed by atoms with E-state index in [1.807, 2.05) is 6.07 Å². The predicted molar refractivity (Wildman–Crippen MR) is 118 cm³/mol. The van der Waals surface area contributed by atoms with Crippen molar-refractivity contribution < 1.29 is 29.0 Å². The second-order valence-electron chi connectivity index (χ2n) is 7.09. The maximum atomic E-state index is 13.0. The summed E-state index contributed by atoms with van der Waals surface area (Å²) in [6.45, 7) is 1.27. The molecule has 0 radical (unpaired) electrons. The number of carbonyl (C=O) groups excluding carboxylic acids is 3. The zero-order valence-electron chi connectivity index (χ0n) is 18.2. The largest absolute Gasteiger partial charge is 0.508 e. The van der Waals surface area contributed by atoms with Crippen LogP contribution in [0.3, 0.4) is 0 Å². The molecule has 0 saturated heterocycles. The standard InChI is InChI=1S/C24H21N3O6/c1-13(28)16-11-15(29)9-10-18(16)27-21(24(31)33-3)20(23(30)32-2)19(17(12-25)22(27)26)14-7-5-4-6-8-14/h4-11,19,29H,26H2,1-3H3. The summed E-state index contributed by atoms with van der Waals surface area (Å²) in [7, 11) is 2.27. The number of hydrogen-bond acceptors (Lipinski definition) is 9. The lowest BCUT2D eigenvalue weighted by molar-refractivity contribution is -0.139. The Balaban J connectivity index is 2.48. The maximum absolute atomic E-state index is 13.0. The third kappa shape index (κ3) is 4.02. The highest BCUT2D eigenvalue weighted by Gasteiger charge is 2.43. The summed E-state index contributed by atoms with van der Waals surface area (Å²) >= 11 is 0. The van der Waals surface area contributed by atoms with Crippen molar-refractivity contribution in [1.29, 1.82) is 5.26 Å². The minimum Gasteiger partial charge on any atom is -0.508 e. The molecule has 1 unspecified atom stereocenters. The number of nitriles is 1. The Hall–Kier alpha value is -4.58. The van der Waals surface area contributed by atoms with Crippen molar-refractivity contribution in [1.82, 2.24) is 0 Å². The summed E-state index contributed by atoms with van der Waals surface area (Å²) in [4.78, 5) is 39.5. The number of methoxy groups -OCH3 is 2. The molecule has 0 aliphatic carbocycles. The van der Waals surface area contributed by atoms with Crippen molar-refractivity contribution in [3.05, 3.63) is 82.3 Å². The van der Waals surface area contributed by atoms with Crippen molar-refractivity contribution in [3.63, 3.8) is 0 Å². The van der Waals surface area contributed by atoms with Crippen molar-refractivity contribution in [2.45, 2.75) is 12.8 Å². The van der Waals surface area contributed by atoms with Gasteiger partial charge in [0.1, 0.15) is 17.3 Å². The number of rotatable bonds is 5. The molecule has 1 heterocycles. The lowest BCUT2D eigenvalue weighted by Gasteiger charge is -2.36.